The number of rotatable bonds is 3. The van der Waals surface area contributed by atoms with Crippen molar-refractivity contribution < 1.29 is 8.78 Å². The maximum Gasteiger partial charge on any atom is 0.126 e. The first kappa shape index (κ1) is 12.5. The summed E-state index contributed by atoms with van der Waals surface area (Å²) in [4.78, 5) is 0. The average Bonchev–Trinajstić information content (AvgIpc) is 2.66. The Morgan fingerprint density at radius 3 is 2.82 bits per heavy atom. The van der Waals surface area contributed by atoms with E-state index in [0.29, 0.717) is 18.0 Å². The number of benzene rings is 1. The van der Waals surface area contributed by atoms with Crippen LogP contribution in [0, 0.1) is 17.0 Å². The fourth-order valence-electron chi connectivity index (χ4n) is 2.87. The molecular weight excluding hydrogens is 220 g/mol. The number of hydrogen-bond donors (Lipinski definition) is 1. The van der Waals surface area contributed by atoms with Crippen LogP contribution in [0.5, 0.6) is 0 Å². The molecule has 0 heterocycles. The van der Waals surface area contributed by atoms with Crippen LogP contribution in [-0.2, 0) is 6.42 Å². The van der Waals surface area contributed by atoms with E-state index in [0.717, 1.165) is 19.3 Å². The SMILES string of the molecule is CNC1CCC(C)(Cc2cc(F)ccc2F)C1. The van der Waals surface area contributed by atoms with Gasteiger partial charge < -0.3 is 5.32 Å². The van der Waals surface area contributed by atoms with Crippen LogP contribution >= 0.6 is 0 Å². The molecule has 1 nitrogen and oxygen atoms in total. The summed E-state index contributed by atoms with van der Waals surface area (Å²) in [6, 6.07) is 4.23. The largest absolute Gasteiger partial charge is 0.317 e. The van der Waals surface area contributed by atoms with Gasteiger partial charge >= 0.3 is 0 Å². The molecule has 1 aromatic carbocycles. The monoisotopic (exact) mass is 239 g/mol. The molecule has 1 aromatic rings. The van der Waals surface area contributed by atoms with Gasteiger partial charge in [-0.2, -0.15) is 0 Å². The van der Waals surface area contributed by atoms with E-state index in [1.807, 2.05) is 7.05 Å². The predicted molar refractivity (Wildman–Crippen MR) is 64.9 cm³/mol. The van der Waals surface area contributed by atoms with Gasteiger partial charge in [-0.05, 0) is 61.9 Å². The van der Waals surface area contributed by atoms with Crippen molar-refractivity contribution in [2.24, 2.45) is 5.41 Å². The quantitative estimate of drug-likeness (QED) is 0.853. The molecule has 0 aromatic heterocycles. The molecule has 2 atom stereocenters. The minimum absolute atomic E-state index is 0.0856. The summed E-state index contributed by atoms with van der Waals surface area (Å²) in [5, 5.41) is 3.26. The molecule has 3 heteroatoms. The molecule has 0 saturated heterocycles. The molecule has 0 bridgehead atoms. The van der Waals surface area contributed by atoms with Crippen molar-refractivity contribution in [3.05, 3.63) is 35.4 Å². The van der Waals surface area contributed by atoms with Crippen molar-refractivity contribution in [1.82, 2.24) is 5.32 Å². The van der Waals surface area contributed by atoms with Crippen LogP contribution in [0.1, 0.15) is 31.7 Å². The minimum atomic E-state index is -0.354. The van der Waals surface area contributed by atoms with E-state index in [2.05, 4.69) is 12.2 Å². The number of halogens is 2. The average molecular weight is 239 g/mol. The van der Waals surface area contributed by atoms with Crippen LogP contribution in [0.4, 0.5) is 8.78 Å². The molecule has 1 saturated carbocycles. The molecule has 0 radical (unpaired) electrons. The first-order valence-corrected chi connectivity index (χ1v) is 6.14. The maximum atomic E-state index is 13.6. The van der Waals surface area contributed by atoms with Gasteiger partial charge in [-0.1, -0.05) is 6.92 Å². The summed E-state index contributed by atoms with van der Waals surface area (Å²) in [5.41, 5.74) is 0.590. The number of nitrogens with one attached hydrogen (secondary N) is 1. The molecule has 94 valence electrons. The van der Waals surface area contributed by atoms with Crippen molar-refractivity contribution in [3.8, 4) is 0 Å². The minimum Gasteiger partial charge on any atom is -0.317 e. The summed E-state index contributed by atoms with van der Waals surface area (Å²) in [6.45, 7) is 2.16. The van der Waals surface area contributed by atoms with Crippen LogP contribution in [0.15, 0.2) is 18.2 Å². The fourth-order valence-corrected chi connectivity index (χ4v) is 2.87. The van der Waals surface area contributed by atoms with E-state index in [1.54, 1.807) is 0 Å². The maximum absolute atomic E-state index is 13.6. The van der Waals surface area contributed by atoms with Crippen molar-refractivity contribution in [3.63, 3.8) is 0 Å². The van der Waals surface area contributed by atoms with E-state index in [4.69, 9.17) is 0 Å². The molecule has 17 heavy (non-hydrogen) atoms. The second-order valence-electron chi connectivity index (χ2n) is 5.45. The van der Waals surface area contributed by atoms with Gasteiger partial charge in [-0.25, -0.2) is 8.78 Å². The van der Waals surface area contributed by atoms with Gasteiger partial charge in [0.05, 0.1) is 0 Å². The Kier molecular flexibility index (Phi) is 3.48. The molecule has 1 aliphatic carbocycles. The highest BCUT2D eigenvalue weighted by molar-refractivity contribution is 5.20. The van der Waals surface area contributed by atoms with Crippen molar-refractivity contribution in [1.29, 1.82) is 0 Å². The highest BCUT2D eigenvalue weighted by Gasteiger charge is 2.35. The molecule has 2 rings (SSSR count). The second-order valence-corrected chi connectivity index (χ2v) is 5.45. The van der Waals surface area contributed by atoms with Gasteiger partial charge in [0.15, 0.2) is 0 Å². The molecule has 0 amide bonds. The summed E-state index contributed by atoms with van der Waals surface area (Å²) >= 11 is 0. The summed E-state index contributed by atoms with van der Waals surface area (Å²) in [5.74, 6) is -0.645. The third kappa shape index (κ3) is 2.83. The van der Waals surface area contributed by atoms with Crippen molar-refractivity contribution in [2.75, 3.05) is 7.05 Å². The zero-order valence-electron chi connectivity index (χ0n) is 10.4. The van der Waals surface area contributed by atoms with Gasteiger partial charge in [0.1, 0.15) is 11.6 Å². The van der Waals surface area contributed by atoms with Gasteiger partial charge in [-0.15, -0.1) is 0 Å². The summed E-state index contributed by atoms with van der Waals surface area (Å²) in [7, 11) is 1.96. The standard InChI is InChI=1S/C14H19F2N/c1-14(6-5-12(9-14)17-2)8-10-7-11(15)3-4-13(10)16/h3-4,7,12,17H,5-6,8-9H2,1-2H3. The first-order valence-electron chi connectivity index (χ1n) is 6.14. The molecule has 0 spiro atoms. The summed E-state index contributed by atoms with van der Waals surface area (Å²) in [6.07, 6.45) is 3.83. The molecule has 1 aliphatic rings. The third-order valence-corrected chi connectivity index (χ3v) is 3.87. The lowest BCUT2D eigenvalue weighted by Gasteiger charge is -2.24. The van der Waals surface area contributed by atoms with Gasteiger partial charge in [-0.3, -0.25) is 0 Å². The third-order valence-electron chi connectivity index (χ3n) is 3.87. The lowest BCUT2D eigenvalue weighted by molar-refractivity contribution is 0.319. The van der Waals surface area contributed by atoms with Crippen LogP contribution in [0.3, 0.4) is 0 Å². The van der Waals surface area contributed by atoms with E-state index in [1.165, 1.54) is 18.2 Å². The molecule has 2 unspecified atom stereocenters. The van der Waals surface area contributed by atoms with E-state index in [9.17, 15) is 8.78 Å². The summed E-state index contributed by atoms with van der Waals surface area (Å²) < 4.78 is 26.7. The second kappa shape index (κ2) is 4.73. The van der Waals surface area contributed by atoms with Gasteiger partial charge in [0.2, 0.25) is 0 Å². The Labute approximate surface area is 101 Å². The van der Waals surface area contributed by atoms with E-state index < -0.39 is 0 Å². The van der Waals surface area contributed by atoms with Gasteiger partial charge in [0, 0.05) is 6.04 Å². The lowest BCUT2D eigenvalue weighted by Crippen LogP contribution is -2.25. The van der Waals surface area contributed by atoms with E-state index in [-0.39, 0.29) is 17.0 Å². The first-order chi connectivity index (χ1) is 8.02. The van der Waals surface area contributed by atoms with E-state index >= 15 is 0 Å². The van der Waals surface area contributed by atoms with Crippen LogP contribution in [0.25, 0.3) is 0 Å². The van der Waals surface area contributed by atoms with Crippen molar-refractivity contribution >= 4 is 0 Å². The molecule has 1 fully saturated rings. The Morgan fingerprint density at radius 1 is 1.41 bits per heavy atom. The normalized spacial score (nSPS) is 28.6. The zero-order chi connectivity index (χ0) is 12.5. The van der Waals surface area contributed by atoms with Crippen LogP contribution in [0.2, 0.25) is 0 Å². The smallest absolute Gasteiger partial charge is 0.126 e. The Bertz CT molecular complexity index is 405. The predicted octanol–water partition coefficient (Wildman–Crippen LogP) is 3.29. The highest BCUT2D eigenvalue weighted by Crippen LogP contribution is 2.40. The highest BCUT2D eigenvalue weighted by atomic mass is 19.1. The Balaban J connectivity index is 2.13. The molecule has 1 N–H and O–H groups in total. The molecular formula is C14H19F2N. The van der Waals surface area contributed by atoms with Crippen LogP contribution in [-0.4, -0.2) is 13.1 Å². The van der Waals surface area contributed by atoms with Crippen molar-refractivity contribution in [2.45, 2.75) is 38.6 Å². The topological polar surface area (TPSA) is 12.0 Å². The lowest BCUT2D eigenvalue weighted by atomic mass is 9.82. The Morgan fingerprint density at radius 2 is 2.18 bits per heavy atom. The van der Waals surface area contributed by atoms with Crippen LogP contribution < -0.4 is 5.32 Å². The fraction of sp³-hybridized carbons (Fsp3) is 0.571. The van der Waals surface area contributed by atoms with Gasteiger partial charge in [0.25, 0.3) is 0 Å². The number of hydrogen-bond acceptors (Lipinski definition) is 1. The zero-order valence-corrected chi connectivity index (χ0v) is 10.4. The molecule has 0 aliphatic heterocycles. The Hall–Kier alpha value is -0.960.